The minimum atomic E-state index is -0.0678. The lowest BCUT2D eigenvalue weighted by atomic mass is 10.4. The van der Waals surface area contributed by atoms with Gasteiger partial charge < -0.3 is 10.2 Å². The zero-order chi connectivity index (χ0) is 10.6. The highest BCUT2D eigenvalue weighted by Gasteiger charge is 2.28. The molecule has 1 saturated heterocycles. The number of amides is 2. The molecule has 0 bridgehead atoms. The average Bonchev–Trinajstić information content (AvgIpc) is 2.42. The molecule has 1 aliphatic heterocycles. The fraction of sp³-hybridized carbons (Fsp3) is 0.778. The number of hydrogen-bond donors (Lipinski definition) is 1. The average molecular weight is 263 g/mol. The molecule has 5 heteroatoms. The van der Waals surface area contributed by atoms with E-state index >= 15 is 0 Å². The van der Waals surface area contributed by atoms with Gasteiger partial charge >= 0.3 is 0 Å². The maximum absolute atomic E-state index is 11.3. The molecule has 1 atom stereocenters. The third-order valence-corrected chi connectivity index (χ3v) is 2.69. The van der Waals surface area contributed by atoms with E-state index in [1.165, 1.54) is 0 Å². The minimum Gasteiger partial charge on any atom is -0.355 e. The van der Waals surface area contributed by atoms with Crippen molar-refractivity contribution in [3.8, 4) is 0 Å². The molecule has 1 unspecified atom stereocenters. The van der Waals surface area contributed by atoms with Crippen molar-refractivity contribution >= 4 is 27.7 Å². The molecule has 1 fully saturated rings. The van der Waals surface area contributed by atoms with E-state index in [0.29, 0.717) is 19.5 Å². The number of halogens is 1. The first-order valence-electron chi connectivity index (χ1n) is 4.82. The van der Waals surface area contributed by atoms with Gasteiger partial charge in [0.2, 0.25) is 11.8 Å². The lowest BCUT2D eigenvalue weighted by molar-refractivity contribution is -0.133. The van der Waals surface area contributed by atoms with E-state index in [1.54, 1.807) is 4.90 Å². The summed E-state index contributed by atoms with van der Waals surface area (Å²) < 4.78 is 0. The molecule has 1 aliphatic rings. The van der Waals surface area contributed by atoms with Crippen molar-refractivity contribution in [1.82, 2.24) is 10.2 Å². The van der Waals surface area contributed by atoms with Gasteiger partial charge in [-0.05, 0) is 6.42 Å². The third kappa shape index (κ3) is 3.29. The van der Waals surface area contributed by atoms with Gasteiger partial charge in [-0.2, -0.15) is 0 Å². The van der Waals surface area contributed by atoms with Gasteiger partial charge in [-0.3, -0.25) is 9.59 Å². The maximum atomic E-state index is 11.3. The predicted molar refractivity (Wildman–Crippen MR) is 57.2 cm³/mol. The smallest absolute Gasteiger partial charge is 0.239 e. The van der Waals surface area contributed by atoms with Crippen LogP contribution in [0.25, 0.3) is 0 Å². The lowest BCUT2D eigenvalue weighted by Gasteiger charge is -2.14. The molecule has 1 N–H and O–H groups in total. The van der Waals surface area contributed by atoms with E-state index in [4.69, 9.17) is 0 Å². The van der Waals surface area contributed by atoms with Crippen LogP contribution in [0.4, 0.5) is 0 Å². The number of alkyl halides is 1. The summed E-state index contributed by atoms with van der Waals surface area (Å²) in [5, 5.41) is 2.75. The van der Waals surface area contributed by atoms with Crippen molar-refractivity contribution < 1.29 is 9.59 Å². The van der Waals surface area contributed by atoms with Crippen molar-refractivity contribution in [1.29, 1.82) is 0 Å². The summed E-state index contributed by atoms with van der Waals surface area (Å²) in [4.78, 5) is 24.4. The van der Waals surface area contributed by atoms with Crippen LogP contribution in [0.1, 0.15) is 19.8 Å². The molecule has 0 aromatic carbocycles. The zero-order valence-electron chi connectivity index (χ0n) is 8.25. The highest BCUT2D eigenvalue weighted by molar-refractivity contribution is 9.09. The summed E-state index contributed by atoms with van der Waals surface area (Å²) in [6.07, 6.45) is 1.42. The summed E-state index contributed by atoms with van der Waals surface area (Å²) in [5.74, 6) is -0.0136. The van der Waals surface area contributed by atoms with Crippen LogP contribution < -0.4 is 5.32 Å². The fourth-order valence-electron chi connectivity index (χ4n) is 1.37. The maximum Gasteiger partial charge on any atom is 0.239 e. The monoisotopic (exact) mass is 262 g/mol. The van der Waals surface area contributed by atoms with Crippen molar-refractivity contribution in [2.45, 2.75) is 24.6 Å². The normalized spacial score (nSPS) is 21.4. The first kappa shape index (κ1) is 11.5. The van der Waals surface area contributed by atoms with Crippen LogP contribution in [0.3, 0.4) is 0 Å². The summed E-state index contributed by atoms with van der Waals surface area (Å²) >= 11 is 3.37. The fourth-order valence-corrected chi connectivity index (χ4v) is 2.00. The van der Waals surface area contributed by atoms with Crippen LogP contribution in [0.2, 0.25) is 0 Å². The number of hydrogen-bond acceptors (Lipinski definition) is 2. The van der Waals surface area contributed by atoms with E-state index in [-0.39, 0.29) is 23.2 Å². The Morgan fingerprint density at radius 1 is 1.71 bits per heavy atom. The Hall–Kier alpha value is -0.580. The van der Waals surface area contributed by atoms with E-state index in [1.807, 2.05) is 6.92 Å². The SMILES string of the molecule is CCCNC(=O)CN1CC(Br)CC1=O. The molecule has 2 amide bonds. The number of nitrogens with one attached hydrogen (secondary N) is 1. The minimum absolute atomic E-state index is 0.0542. The summed E-state index contributed by atoms with van der Waals surface area (Å²) in [6, 6.07) is 0. The molecule has 0 radical (unpaired) electrons. The molecule has 0 saturated carbocycles. The number of carbonyl (C=O) groups excluding carboxylic acids is 2. The lowest BCUT2D eigenvalue weighted by Crippen LogP contribution is -2.38. The number of nitrogens with zero attached hydrogens (tertiary/aromatic N) is 1. The van der Waals surface area contributed by atoms with Crippen LogP contribution in [0.15, 0.2) is 0 Å². The summed E-state index contributed by atoms with van der Waals surface area (Å²) in [5.41, 5.74) is 0. The van der Waals surface area contributed by atoms with Crippen molar-refractivity contribution in [2.24, 2.45) is 0 Å². The highest BCUT2D eigenvalue weighted by Crippen LogP contribution is 2.17. The number of rotatable bonds is 4. The highest BCUT2D eigenvalue weighted by atomic mass is 79.9. The molecule has 1 heterocycles. The number of carbonyl (C=O) groups is 2. The van der Waals surface area contributed by atoms with Crippen molar-refractivity contribution in [2.75, 3.05) is 19.6 Å². The molecule has 4 nitrogen and oxygen atoms in total. The van der Waals surface area contributed by atoms with Crippen LogP contribution in [0.5, 0.6) is 0 Å². The van der Waals surface area contributed by atoms with Gasteiger partial charge in [0.25, 0.3) is 0 Å². The Morgan fingerprint density at radius 3 is 2.93 bits per heavy atom. The second-order valence-electron chi connectivity index (χ2n) is 3.43. The Bertz CT molecular complexity index is 233. The molecule has 0 aromatic heterocycles. The molecule has 80 valence electrons. The van der Waals surface area contributed by atoms with Gasteiger partial charge in [0.15, 0.2) is 0 Å². The predicted octanol–water partition coefficient (Wildman–Crippen LogP) is 0.508. The van der Waals surface area contributed by atoms with Gasteiger partial charge in [0.1, 0.15) is 0 Å². The quantitative estimate of drug-likeness (QED) is 0.751. The number of likely N-dealkylation sites (tertiary alicyclic amines) is 1. The van der Waals surface area contributed by atoms with E-state index in [0.717, 1.165) is 6.42 Å². The van der Waals surface area contributed by atoms with Crippen LogP contribution >= 0.6 is 15.9 Å². The Kier molecular flexibility index (Phi) is 4.38. The molecule has 0 aromatic rings. The Morgan fingerprint density at radius 2 is 2.43 bits per heavy atom. The third-order valence-electron chi connectivity index (χ3n) is 2.07. The molecular weight excluding hydrogens is 248 g/mol. The van der Waals surface area contributed by atoms with Crippen molar-refractivity contribution in [3.05, 3.63) is 0 Å². The Labute approximate surface area is 92.2 Å². The van der Waals surface area contributed by atoms with Gasteiger partial charge in [0, 0.05) is 24.3 Å². The molecular formula is C9H15BrN2O2. The second-order valence-corrected chi connectivity index (χ2v) is 4.72. The van der Waals surface area contributed by atoms with Gasteiger partial charge in [-0.1, -0.05) is 22.9 Å². The van der Waals surface area contributed by atoms with Crippen molar-refractivity contribution in [3.63, 3.8) is 0 Å². The Balaban J connectivity index is 2.30. The second kappa shape index (κ2) is 5.34. The largest absolute Gasteiger partial charge is 0.355 e. The van der Waals surface area contributed by atoms with E-state index < -0.39 is 0 Å². The molecule has 14 heavy (non-hydrogen) atoms. The van der Waals surface area contributed by atoms with Crippen LogP contribution in [0, 0.1) is 0 Å². The van der Waals surface area contributed by atoms with Gasteiger partial charge in [-0.15, -0.1) is 0 Å². The van der Waals surface area contributed by atoms with Gasteiger partial charge in [0.05, 0.1) is 6.54 Å². The van der Waals surface area contributed by atoms with Crippen LogP contribution in [-0.2, 0) is 9.59 Å². The van der Waals surface area contributed by atoms with Crippen LogP contribution in [-0.4, -0.2) is 41.2 Å². The topological polar surface area (TPSA) is 49.4 Å². The summed E-state index contributed by atoms with van der Waals surface area (Å²) in [6.45, 7) is 3.51. The standard InChI is InChI=1S/C9H15BrN2O2/c1-2-3-11-8(13)6-12-5-7(10)4-9(12)14/h7H,2-6H2,1H3,(H,11,13). The van der Waals surface area contributed by atoms with Gasteiger partial charge in [-0.25, -0.2) is 0 Å². The van der Waals surface area contributed by atoms with E-state index in [2.05, 4.69) is 21.2 Å². The summed E-state index contributed by atoms with van der Waals surface area (Å²) in [7, 11) is 0. The molecule has 0 spiro atoms. The first-order valence-corrected chi connectivity index (χ1v) is 5.73. The van der Waals surface area contributed by atoms with E-state index in [9.17, 15) is 9.59 Å². The zero-order valence-corrected chi connectivity index (χ0v) is 9.84. The first-order chi connectivity index (χ1) is 6.63. The molecule has 0 aliphatic carbocycles. The molecule has 1 rings (SSSR count).